The van der Waals surface area contributed by atoms with Crippen LogP contribution >= 0.6 is 7.60 Å². The van der Waals surface area contributed by atoms with Gasteiger partial charge in [-0.3, -0.25) is 4.57 Å². The summed E-state index contributed by atoms with van der Waals surface area (Å²) in [5.41, 5.74) is 0. The topological polar surface area (TPSA) is 57.5 Å². The molecular weight excluding hydrogens is 126 g/mol. The third-order valence-electron chi connectivity index (χ3n) is 0.412. The van der Waals surface area contributed by atoms with Gasteiger partial charge < -0.3 is 9.79 Å². The van der Waals surface area contributed by atoms with Crippen LogP contribution in [0.15, 0.2) is 0 Å². The molecule has 0 unspecified atom stereocenters. The molecule has 0 aliphatic rings. The SMILES string of the molecule is CCP(=O)(O)O.[NaH]. The number of hydrogen-bond acceptors (Lipinski definition) is 1. The Kier molecular flexibility index (Phi) is 6.41. The molecule has 0 aromatic rings. The quantitative estimate of drug-likeness (QED) is 0.376. The minimum absolute atomic E-state index is 0. The monoisotopic (exact) mass is 134 g/mol. The van der Waals surface area contributed by atoms with Gasteiger partial charge in [0.05, 0.1) is 0 Å². The molecule has 0 aliphatic carbocycles. The van der Waals surface area contributed by atoms with E-state index in [1.807, 2.05) is 0 Å². The minimum atomic E-state index is -3.65. The van der Waals surface area contributed by atoms with Gasteiger partial charge in [0.15, 0.2) is 0 Å². The second-order valence-corrected chi connectivity index (χ2v) is 2.94. The average Bonchev–Trinajstić information content (AvgIpc) is 1.35. The van der Waals surface area contributed by atoms with E-state index in [2.05, 4.69) is 0 Å². The molecule has 7 heavy (non-hydrogen) atoms. The van der Waals surface area contributed by atoms with E-state index in [1.54, 1.807) is 0 Å². The summed E-state index contributed by atoms with van der Waals surface area (Å²) < 4.78 is 9.69. The first-order valence-corrected chi connectivity index (χ1v) is 3.40. The molecule has 0 spiro atoms. The first-order chi connectivity index (χ1) is 2.56. The summed E-state index contributed by atoms with van der Waals surface area (Å²) in [4.78, 5) is 15.9. The zero-order chi connectivity index (χ0) is 5.21. The average molecular weight is 134 g/mol. The van der Waals surface area contributed by atoms with Gasteiger partial charge in [0.25, 0.3) is 0 Å². The van der Waals surface area contributed by atoms with Crippen molar-refractivity contribution in [1.29, 1.82) is 0 Å². The van der Waals surface area contributed by atoms with Crippen molar-refractivity contribution in [2.75, 3.05) is 6.16 Å². The van der Waals surface area contributed by atoms with Crippen LogP contribution in [0.25, 0.3) is 0 Å². The van der Waals surface area contributed by atoms with Gasteiger partial charge in [0.1, 0.15) is 0 Å². The Balaban J connectivity index is 0. The molecule has 0 aromatic carbocycles. The van der Waals surface area contributed by atoms with Gasteiger partial charge in [0, 0.05) is 6.16 Å². The summed E-state index contributed by atoms with van der Waals surface area (Å²) >= 11 is 0. The van der Waals surface area contributed by atoms with Gasteiger partial charge in [-0.15, -0.1) is 0 Å². The Morgan fingerprint density at radius 1 is 1.57 bits per heavy atom. The van der Waals surface area contributed by atoms with Crippen molar-refractivity contribution in [3.05, 3.63) is 0 Å². The fourth-order valence-corrected chi connectivity index (χ4v) is 0. The predicted octanol–water partition coefficient (Wildman–Crippen LogP) is -0.465. The molecule has 0 saturated carbocycles. The van der Waals surface area contributed by atoms with Crippen molar-refractivity contribution < 1.29 is 14.4 Å². The van der Waals surface area contributed by atoms with Crippen LogP contribution < -0.4 is 0 Å². The molecule has 3 nitrogen and oxygen atoms in total. The summed E-state index contributed by atoms with van der Waals surface area (Å²) in [7, 11) is -3.65. The molecule has 40 valence electrons. The molecule has 0 heterocycles. The molecular formula is C2H8NaO3P. The van der Waals surface area contributed by atoms with Crippen LogP contribution in [0, 0.1) is 0 Å². The van der Waals surface area contributed by atoms with Gasteiger partial charge in [-0.2, -0.15) is 0 Å². The van der Waals surface area contributed by atoms with Crippen molar-refractivity contribution >= 4 is 37.2 Å². The maximum absolute atomic E-state index is 9.69. The summed E-state index contributed by atoms with van der Waals surface area (Å²) in [6.07, 6.45) is -0.0625. The molecule has 0 atom stereocenters. The van der Waals surface area contributed by atoms with Crippen molar-refractivity contribution in [1.82, 2.24) is 0 Å². The number of rotatable bonds is 1. The molecule has 2 N–H and O–H groups in total. The predicted molar refractivity (Wildman–Crippen MR) is 29.7 cm³/mol. The molecule has 0 fully saturated rings. The first kappa shape index (κ1) is 11.0. The van der Waals surface area contributed by atoms with Crippen LogP contribution in [0.5, 0.6) is 0 Å². The number of hydrogen-bond donors (Lipinski definition) is 2. The summed E-state index contributed by atoms with van der Waals surface area (Å²) in [5, 5.41) is 0. The molecule has 0 bridgehead atoms. The van der Waals surface area contributed by atoms with Gasteiger partial charge in [0.2, 0.25) is 0 Å². The van der Waals surface area contributed by atoms with Gasteiger partial charge in [-0.1, -0.05) is 6.92 Å². The summed E-state index contributed by atoms with van der Waals surface area (Å²) in [6, 6.07) is 0. The van der Waals surface area contributed by atoms with Crippen molar-refractivity contribution in [3.8, 4) is 0 Å². The normalized spacial score (nSPS) is 10.1. The molecule has 5 heteroatoms. The standard InChI is InChI=1S/C2H7O3P.Na.H/c1-2-6(3,4)5;;/h2H2,1H3,(H2,3,4,5);;. The summed E-state index contributed by atoms with van der Waals surface area (Å²) in [6.45, 7) is 1.45. The molecule has 0 aliphatic heterocycles. The van der Waals surface area contributed by atoms with E-state index in [-0.39, 0.29) is 35.7 Å². The molecule has 0 aromatic heterocycles. The van der Waals surface area contributed by atoms with Crippen LogP contribution in [0.4, 0.5) is 0 Å². The van der Waals surface area contributed by atoms with Crippen LogP contribution in [0.3, 0.4) is 0 Å². The van der Waals surface area contributed by atoms with E-state index in [9.17, 15) is 4.57 Å². The van der Waals surface area contributed by atoms with Gasteiger partial charge in [-0.25, -0.2) is 0 Å². The van der Waals surface area contributed by atoms with Crippen LogP contribution in [-0.2, 0) is 4.57 Å². The van der Waals surface area contributed by atoms with Crippen molar-refractivity contribution in [2.24, 2.45) is 0 Å². The third kappa shape index (κ3) is 11.0. The first-order valence-electron chi connectivity index (χ1n) is 1.61. The van der Waals surface area contributed by atoms with Gasteiger partial charge in [-0.05, 0) is 0 Å². The Morgan fingerprint density at radius 2 is 1.71 bits per heavy atom. The molecule has 0 radical (unpaired) electrons. The van der Waals surface area contributed by atoms with Crippen molar-refractivity contribution in [3.63, 3.8) is 0 Å². The van der Waals surface area contributed by atoms with Crippen LogP contribution in [0.1, 0.15) is 6.92 Å². The Labute approximate surface area is 64.6 Å². The third-order valence-corrected chi connectivity index (χ3v) is 1.24. The zero-order valence-corrected chi connectivity index (χ0v) is 4.35. The molecule has 0 amide bonds. The maximum atomic E-state index is 9.69. The summed E-state index contributed by atoms with van der Waals surface area (Å²) in [5.74, 6) is 0. The fourth-order valence-electron chi connectivity index (χ4n) is 0. The van der Waals surface area contributed by atoms with Crippen molar-refractivity contribution in [2.45, 2.75) is 6.92 Å². The Morgan fingerprint density at radius 3 is 1.71 bits per heavy atom. The van der Waals surface area contributed by atoms with Gasteiger partial charge >= 0.3 is 37.2 Å². The molecule has 0 rings (SSSR count). The van der Waals surface area contributed by atoms with E-state index in [0.29, 0.717) is 0 Å². The zero-order valence-electron chi connectivity index (χ0n) is 3.46. The van der Waals surface area contributed by atoms with E-state index in [0.717, 1.165) is 0 Å². The molecule has 0 saturated heterocycles. The van der Waals surface area contributed by atoms with E-state index >= 15 is 0 Å². The van der Waals surface area contributed by atoms with Crippen LogP contribution in [-0.4, -0.2) is 45.5 Å². The second kappa shape index (κ2) is 4.07. The second-order valence-electron chi connectivity index (χ2n) is 0.981. The van der Waals surface area contributed by atoms with E-state index in [1.165, 1.54) is 6.92 Å². The van der Waals surface area contributed by atoms with Crippen LogP contribution in [0.2, 0.25) is 0 Å². The Bertz CT molecular complexity index is 77.0. The Hall–Kier alpha value is 1.15. The van der Waals surface area contributed by atoms with E-state index < -0.39 is 7.60 Å². The fraction of sp³-hybridized carbons (Fsp3) is 1.00. The van der Waals surface area contributed by atoms with E-state index in [4.69, 9.17) is 9.79 Å².